The van der Waals surface area contributed by atoms with Crippen molar-refractivity contribution in [2.45, 2.75) is 19.4 Å². The predicted octanol–water partition coefficient (Wildman–Crippen LogP) is 3.12. The van der Waals surface area contributed by atoms with Gasteiger partial charge in [0.25, 0.3) is 5.91 Å². The Labute approximate surface area is 151 Å². The van der Waals surface area contributed by atoms with E-state index in [1.165, 1.54) is 11.3 Å². The molecule has 1 saturated heterocycles. The summed E-state index contributed by atoms with van der Waals surface area (Å²) >= 11 is 1.27. The average molecular weight is 358 g/mol. The van der Waals surface area contributed by atoms with Crippen LogP contribution in [0.1, 0.15) is 23.0 Å². The number of carbonyl (C=O) groups excluding carboxylic acids is 2. The summed E-state index contributed by atoms with van der Waals surface area (Å²) in [4.78, 5) is 25.0. The number of nitrogens with one attached hydrogen (secondary N) is 4. The second kappa shape index (κ2) is 8.13. The minimum absolute atomic E-state index is 0.0953. The molecule has 0 aliphatic carbocycles. The Bertz CT molecular complexity index is 732. The molecule has 2 heterocycles. The second-order valence-electron chi connectivity index (χ2n) is 6.16. The molecule has 25 heavy (non-hydrogen) atoms. The van der Waals surface area contributed by atoms with E-state index in [1.54, 1.807) is 12.1 Å². The van der Waals surface area contributed by atoms with E-state index in [1.807, 2.05) is 30.3 Å². The van der Waals surface area contributed by atoms with Gasteiger partial charge in [0.05, 0.1) is 9.88 Å². The first-order chi connectivity index (χ1) is 12.1. The Morgan fingerprint density at radius 2 is 1.92 bits per heavy atom. The third-order valence-electron chi connectivity index (χ3n) is 4.24. The molecular weight excluding hydrogens is 336 g/mol. The van der Waals surface area contributed by atoms with Gasteiger partial charge in [0.15, 0.2) is 0 Å². The molecule has 1 aromatic carbocycles. The molecule has 0 bridgehead atoms. The van der Waals surface area contributed by atoms with E-state index in [4.69, 9.17) is 0 Å². The van der Waals surface area contributed by atoms with Gasteiger partial charge < -0.3 is 16.0 Å². The zero-order valence-corrected chi connectivity index (χ0v) is 14.9. The molecule has 1 aliphatic rings. The van der Waals surface area contributed by atoms with Gasteiger partial charge >= 0.3 is 6.03 Å². The molecule has 0 spiro atoms. The van der Waals surface area contributed by atoms with E-state index in [0.29, 0.717) is 21.5 Å². The summed E-state index contributed by atoms with van der Waals surface area (Å²) < 4.78 is 0. The van der Waals surface area contributed by atoms with Crippen LogP contribution in [-0.4, -0.2) is 31.1 Å². The molecule has 0 saturated carbocycles. The minimum atomic E-state index is -0.329. The first-order valence-electron chi connectivity index (χ1n) is 8.36. The maximum Gasteiger partial charge on any atom is 0.324 e. The zero-order valence-electron chi connectivity index (χ0n) is 14.0. The van der Waals surface area contributed by atoms with Crippen molar-refractivity contribution in [2.24, 2.45) is 5.92 Å². The van der Waals surface area contributed by atoms with Gasteiger partial charge in [-0.15, -0.1) is 11.3 Å². The lowest BCUT2D eigenvalue weighted by Gasteiger charge is -2.30. The van der Waals surface area contributed by atoms with Crippen molar-refractivity contribution in [1.29, 1.82) is 0 Å². The molecule has 2 aromatic rings. The molecule has 6 nitrogen and oxygen atoms in total. The number of amides is 3. The fourth-order valence-electron chi connectivity index (χ4n) is 2.75. The third-order valence-corrected chi connectivity index (χ3v) is 5.24. The summed E-state index contributed by atoms with van der Waals surface area (Å²) in [7, 11) is 0. The summed E-state index contributed by atoms with van der Waals surface area (Å²) in [6.07, 6.45) is 1.06. The molecular formula is C18H22N4O2S. The van der Waals surface area contributed by atoms with E-state index < -0.39 is 0 Å². The number of rotatable bonds is 4. The van der Waals surface area contributed by atoms with Crippen LogP contribution in [0.15, 0.2) is 42.5 Å². The van der Waals surface area contributed by atoms with E-state index in [2.05, 4.69) is 28.2 Å². The monoisotopic (exact) mass is 358 g/mol. The SMILES string of the molecule is CC1CCNCC1NC(=O)c1ccc(NC(=O)Nc2ccccc2)s1. The number of para-hydroxylation sites is 1. The summed E-state index contributed by atoms with van der Waals surface area (Å²) in [5.74, 6) is 0.362. The van der Waals surface area contributed by atoms with Gasteiger partial charge in [-0.2, -0.15) is 0 Å². The summed E-state index contributed by atoms with van der Waals surface area (Å²) in [6, 6.07) is 12.5. The van der Waals surface area contributed by atoms with Crippen molar-refractivity contribution in [3.8, 4) is 0 Å². The molecule has 2 unspecified atom stereocenters. The molecule has 4 N–H and O–H groups in total. The van der Waals surface area contributed by atoms with E-state index >= 15 is 0 Å². The molecule has 1 aliphatic heterocycles. The molecule has 7 heteroatoms. The fraction of sp³-hybridized carbons (Fsp3) is 0.333. The van der Waals surface area contributed by atoms with E-state index in [0.717, 1.165) is 19.5 Å². The highest BCUT2D eigenvalue weighted by molar-refractivity contribution is 7.18. The van der Waals surface area contributed by atoms with Gasteiger partial charge in [0.2, 0.25) is 0 Å². The highest BCUT2D eigenvalue weighted by atomic mass is 32.1. The van der Waals surface area contributed by atoms with Crippen molar-refractivity contribution < 1.29 is 9.59 Å². The van der Waals surface area contributed by atoms with Crippen LogP contribution in [0.2, 0.25) is 0 Å². The van der Waals surface area contributed by atoms with Crippen LogP contribution in [-0.2, 0) is 0 Å². The molecule has 1 fully saturated rings. The van der Waals surface area contributed by atoms with Crippen molar-refractivity contribution in [3.05, 3.63) is 47.3 Å². The van der Waals surface area contributed by atoms with Gasteiger partial charge in [0.1, 0.15) is 0 Å². The number of urea groups is 1. The Hall–Kier alpha value is -2.38. The lowest BCUT2D eigenvalue weighted by molar-refractivity contribution is 0.0919. The van der Waals surface area contributed by atoms with Crippen LogP contribution in [0, 0.1) is 5.92 Å². The lowest BCUT2D eigenvalue weighted by atomic mass is 9.95. The van der Waals surface area contributed by atoms with Gasteiger partial charge in [-0.05, 0) is 43.1 Å². The Morgan fingerprint density at radius 3 is 2.68 bits per heavy atom. The first-order valence-corrected chi connectivity index (χ1v) is 9.18. The highest BCUT2D eigenvalue weighted by Gasteiger charge is 2.23. The molecule has 3 amide bonds. The van der Waals surface area contributed by atoms with Crippen LogP contribution in [0.25, 0.3) is 0 Å². The Kier molecular flexibility index (Phi) is 5.67. The van der Waals surface area contributed by atoms with Gasteiger partial charge in [0, 0.05) is 18.3 Å². The predicted molar refractivity (Wildman–Crippen MR) is 101 cm³/mol. The van der Waals surface area contributed by atoms with E-state index in [-0.39, 0.29) is 18.0 Å². The normalized spacial score (nSPS) is 19.9. The van der Waals surface area contributed by atoms with Crippen molar-refractivity contribution >= 4 is 34.0 Å². The van der Waals surface area contributed by atoms with Crippen molar-refractivity contribution in [1.82, 2.24) is 10.6 Å². The topological polar surface area (TPSA) is 82.3 Å². The molecule has 0 radical (unpaired) electrons. The Balaban J connectivity index is 1.54. The summed E-state index contributed by atoms with van der Waals surface area (Å²) in [5.41, 5.74) is 0.716. The van der Waals surface area contributed by atoms with E-state index in [9.17, 15) is 9.59 Å². The standard InChI is InChI=1S/C18H22N4O2S/c1-12-9-10-19-11-14(12)21-17(23)15-7-8-16(25-15)22-18(24)20-13-5-3-2-4-6-13/h2-8,12,14,19H,9-11H2,1H3,(H,21,23)(H2,20,22,24). The maximum absolute atomic E-state index is 12.4. The molecule has 132 valence electrons. The Morgan fingerprint density at radius 1 is 1.12 bits per heavy atom. The van der Waals surface area contributed by atoms with Gasteiger partial charge in [-0.25, -0.2) is 4.79 Å². The van der Waals surface area contributed by atoms with Crippen LogP contribution < -0.4 is 21.3 Å². The quantitative estimate of drug-likeness (QED) is 0.678. The number of hydrogen-bond acceptors (Lipinski definition) is 4. The fourth-order valence-corrected chi connectivity index (χ4v) is 3.55. The van der Waals surface area contributed by atoms with Crippen LogP contribution >= 0.6 is 11.3 Å². The number of piperidine rings is 1. The molecule has 3 rings (SSSR count). The second-order valence-corrected chi connectivity index (χ2v) is 7.24. The van der Waals surface area contributed by atoms with Crippen molar-refractivity contribution in [3.63, 3.8) is 0 Å². The summed E-state index contributed by atoms with van der Waals surface area (Å²) in [6.45, 7) is 3.95. The first kappa shape index (κ1) is 17.4. The largest absolute Gasteiger partial charge is 0.347 e. The average Bonchev–Trinajstić information content (AvgIpc) is 3.06. The number of thiophene rings is 1. The van der Waals surface area contributed by atoms with Crippen LogP contribution in [0.3, 0.4) is 0 Å². The van der Waals surface area contributed by atoms with Crippen LogP contribution in [0.5, 0.6) is 0 Å². The smallest absolute Gasteiger partial charge is 0.324 e. The van der Waals surface area contributed by atoms with Crippen molar-refractivity contribution in [2.75, 3.05) is 23.7 Å². The summed E-state index contributed by atoms with van der Waals surface area (Å²) in [5, 5.41) is 12.5. The number of anilines is 2. The lowest BCUT2D eigenvalue weighted by Crippen LogP contribution is -2.50. The minimum Gasteiger partial charge on any atom is -0.347 e. The number of hydrogen-bond donors (Lipinski definition) is 4. The zero-order chi connectivity index (χ0) is 17.6. The molecule has 2 atom stereocenters. The third kappa shape index (κ3) is 4.80. The number of benzene rings is 1. The van der Waals surface area contributed by atoms with Gasteiger partial charge in [-0.1, -0.05) is 25.1 Å². The van der Waals surface area contributed by atoms with Gasteiger partial charge in [-0.3, -0.25) is 10.1 Å². The maximum atomic E-state index is 12.4. The number of carbonyl (C=O) groups is 2. The van der Waals surface area contributed by atoms with Crippen LogP contribution in [0.4, 0.5) is 15.5 Å². The highest BCUT2D eigenvalue weighted by Crippen LogP contribution is 2.23. The molecule has 1 aromatic heterocycles.